The normalized spacial score (nSPS) is 22.5. The number of aromatic nitrogens is 3. The minimum atomic E-state index is -3.22. The van der Waals surface area contributed by atoms with Crippen molar-refractivity contribution in [3.8, 4) is 5.88 Å². The predicted octanol–water partition coefficient (Wildman–Crippen LogP) is 3.25. The third-order valence-electron chi connectivity index (χ3n) is 5.89. The Balaban J connectivity index is 1.18. The molecule has 2 fully saturated rings. The Bertz CT molecular complexity index is 929. The van der Waals surface area contributed by atoms with Gasteiger partial charge in [0.25, 0.3) is 0 Å². The van der Waals surface area contributed by atoms with E-state index in [9.17, 15) is 8.42 Å². The zero-order valence-electron chi connectivity index (χ0n) is 16.4. The van der Waals surface area contributed by atoms with Crippen LogP contribution in [0.3, 0.4) is 0 Å². The number of halogens is 1. The van der Waals surface area contributed by atoms with Gasteiger partial charge in [-0.1, -0.05) is 11.6 Å². The molecule has 0 radical (unpaired) electrons. The minimum Gasteiger partial charge on any atom is -0.478 e. The van der Waals surface area contributed by atoms with E-state index >= 15 is 0 Å². The van der Waals surface area contributed by atoms with E-state index in [1.165, 1.54) is 37.8 Å². The summed E-state index contributed by atoms with van der Waals surface area (Å²) >= 11 is 5.86. The Labute approximate surface area is 176 Å². The number of anilines is 1. The summed E-state index contributed by atoms with van der Waals surface area (Å²) in [4.78, 5) is 15.2. The van der Waals surface area contributed by atoms with Crippen LogP contribution in [0, 0.1) is 17.8 Å². The van der Waals surface area contributed by atoms with Gasteiger partial charge < -0.3 is 9.64 Å². The SMILES string of the molecule is CS(=O)(=O)c1ccc(OCC[C@H]2C[C@@H]2C2CCN(c3ncc(Cl)cn3)CC2)nc1. The second kappa shape index (κ2) is 8.44. The van der Waals surface area contributed by atoms with Crippen molar-refractivity contribution in [2.45, 2.75) is 30.6 Å². The molecule has 2 atom stereocenters. The summed E-state index contributed by atoms with van der Waals surface area (Å²) in [5, 5.41) is 0.563. The van der Waals surface area contributed by atoms with E-state index in [-0.39, 0.29) is 4.90 Å². The summed E-state index contributed by atoms with van der Waals surface area (Å²) in [6.45, 7) is 2.59. The lowest BCUT2D eigenvalue weighted by Crippen LogP contribution is -2.35. The van der Waals surface area contributed by atoms with Crippen LogP contribution >= 0.6 is 11.6 Å². The number of sulfone groups is 1. The fourth-order valence-corrected chi connectivity index (χ4v) is 4.82. The van der Waals surface area contributed by atoms with E-state index in [1.54, 1.807) is 18.5 Å². The Morgan fingerprint density at radius 1 is 1.14 bits per heavy atom. The number of piperidine rings is 1. The maximum atomic E-state index is 11.5. The molecule has 3 heterocycles. The molecule has 0 unspecified atom stereocenters. The molecule has 1 aliphatic heterocycles. The quantitative estimate of drug-likeness (QED) is 0.658. The highest BCUT2D eigenvalue weighted by Crippen LogP contribution is 2.49. The molecule has 0 bridgehead atoms. The molecule has 29 heavy (non-hydrogen) atoms. The fraction of sp³-hybridized carbons (Fsp3) is 0.550. The van der Waals surface area contributed by atoms with Crippen LogP contribution < -0.4 is 9.64 Å². The number of ether oxygens (including phenoxy) is 1. The largest absolute Gasteiger partial charge is 0.478 e. The Hall–Kier alpha value is -1.93. The summed E-state index contributed by atoms with van der Waals surface area (Å²) in [5.41, 5.74) is 0. The molecule has 1 aliphatic carbocycles. The highest BCUT2D eigenvalue weighted by Gasteiger charge is 2.43. The first kappa shape index (κ1) is 20.3. The van der Waals surface area contributed by atoms with Gasteiger partial charge in [0.15, 0.2) is 9.84 Å². The van der Waals surface area contributed by atoms with Crippen LogP contribution in [0.15, 0.2) is 35.6 Å². The Morgan fingerprint density at radius 2 is 1.86 bits per heavy atom. The molecule has 0 spiro atoms. The average molecular weight is 437 g/mol. The number of nitrogens with zero attached hydrogens (tertiary/aromatic N) is 4. The molecule has 2 aromatic rings. The first-order valence-corrected chi connectivity index (χ1v) is 12.2. The second-order valence-electron chi connectivity index (χ2n) is 7.93. The van der Waals surface area contributed by atoms with Gasteiger partial charge in [0.05, 0.1) is 28.9 Å². The topological polar surface area (TPSA) is 85.3 Å². The van der Waals surface area contributed by atoms with Gasteiger partial charge in [0.2, 0.25) is 11.8 Å². The van der Waals surface area contributed by atoms with E-state index in [4.69, 9.17) is 16.3 Å². The van der Waals surface area contributed by atoms with E-state index in [0.717, 1.165) is 37.3 Å². The molecule has 0 N–H and O–H groups in total. The van der Waals surface area contributed by atoms with Crippen molar-refractivity contribution in [2.75, 3.05) is 30.9 Å². The van der Waals surface area contributed by atoms with Crippen LogP contribution in [0.2, 0.25) is 5.02 Å². The molecule has 1 saturated carbocycles. The molecule has 9 heteroatoms. The van der Waals surface area contributed by atoms with Crippen LogP contribution in [0.5, 0.6) is 5.88 Å². The van der Waals surface area contributed by atoms with Crippen molar-refractivity contribution in [3.63, 3.8) is 0 Å². The standard InChI is InChI=1S/C20H25ClN4O3S/c1-29(26,27)17-2-3-19(22-13-17)28-9-6-15-10-18(15)14-4-7-25(8-5-14)20-23-11-16(21)12-24-20/h2-3,11-15,18H,4-10H2,1H3/t15-,18+/m0/s1. The summed E-state index contributed by atoms with van der Waals surface area (Å²) in [6, 6.07) is 3.16. The summed E-state index contributed by atoms with van der Waals surface area (Å²) in [6.07, 6.45) is 10.4. The van der Waals surface area contributed by atoms with Gasteiger partial charge in [-0.25, -0.2) is 23.4 Å². The molecule has 156 valence electrons. The smallest absolute Gasteiger partial charge is 0.225 e. The van der Waals surface area contributed by atoms with Crippen molar-refractivity contribution < 1.29 is 13.2 Å². The molecule has 2 aromatic heterocycles. The van der Waals surface area contributed by atoms with Crippen LogP contribution in [0.25, 0.3) is 0 Å². The number of pyridine rings is 1. The van der Waals surface area contributed by atoms with Crippen molar-refractivity contribution in [1.29, 1.82) is 0 Å². The summed E-state index contributed by atoms with van der Waals surface area (Å²) in [5.74, 6) is 3.51. The average Bonchev–Trinajstić information content (AvgIpc) is 3.48. The van der Waals surface area contributed by atoms with Crippen molar-refractivity contribution in [3.05, 3.63) is 35.7 Å². The van der Waals surface area contributed by atoms with Crippen LogP contribution in [-0.2, 0) is 9.84 Å². The molecule has 7 nitrogen and oxygen atoms in total. The van der Waals surface area contributed by atoms with E-state index in [0.29, 0.717) is 23.4 Å². The van der Waals surface area contributed by atoms with Crippen LogP contribution in [0.4, 0.5) is 5.95 Å². The third kappa shape index (κ3) is 5.17. The first-order chi connectivity index (χ1) is 13.9. The lowest BCUT2D eigenvalue weighted by Gasteiger charge is -2.32. The molecule has 2 aliphatic rings. The summed E-state index contributed by atoms with van der Waals surface area (Å²) in [7, 11) is -3.22. The van der Waals surface area contributed by atoms with Gasteiger partial charge in [-0.05, 0) is 49.5 Å². The number of rotatable bonds is 7. The molecule has 1 saturated heterocycles. The molecule has 0 aromatic carbocycles. The number of hydrogen-bond donors (Lipinski definition) is 0. The van der Waals surface area contributed by atoms with Crippen molar-refractivity contribution in [2.24, 2.45) is 17.8 Å². The molecule has 0 amide bonds. The predicted molar refractivity (Wildman–Crippen MR) is 111 cm³/mol. The van der Waals surface area contributed by atoms with Gasteiger partial charge in [-0.3, -0.25) is 0 Å². The van der Waals surface area contributed by atoms with Crippen molar-refractivity contribution >= 4 is 27.4 Å². The third-order valence-corrected chi connectivity index (χ3v) is 7.18. The monoisotopic (exact) mass is 436 g/mol. The van der Waals surface area contributed by atoms with E-state index < -0.39 is 9.84 Å². The highest BCUT2D eigenvalue weighted by atomic mass is 35.5. The van der Waals surface area contributed by atoms with Gasteiger partial charge in [-0.15, -0.1) is 0 Å². The number of hydrogen-bond acceptors (Lipinski definition) is 7. The Morgan fingerprint density at radius 3 is 2.48 bits per heavy atom. The zero-order chi connectivity index (χ0) is 20.4. The minimum absolute atomic E-state index is 0.211. The van der Waals surface area contributed by atoms with E-state index in [1.807, 2.05) is 0 Å². The maximum absolute atomic E-state index is 11.5. The second-order valence-corrected chi connectivity index (χ2v) is 10.4. The lowest BCUT2D eigenvalue weighted by molar-refractivity contribution is 0.276. The maximum Gasteiger partial charge on any atom is 0.225 e. The fourth-order valence-electron chi connectivity index (χ4n) is 4.16. The van der Waals surface area contributed by atoms with Gasteiger partial charge in [0.1, 0.15) is 0 Å². The molecular weight excluding hydrogens is 412 g/mol. The Kier molecular flexibility index (Phi) is 5.92. The highest BCUT2D eigenvalue weighted by molar-refractivity contribution is 7.90. The first-order valence-electron chi connectivity index (χ1n) is 9.91. The van der Waals surface area contributed by atoms with Crippen LogP contribution in [-0.4, -0.2) is 49.3 Å². The van der Waals surface area contributed by atoms with E-state index in [2.05, 4.69) is 19.9 Å². The van der Waals surface area contributed by atoms with Gasteiger partial charge >= 0.3 is 0 Å². The molecular formula is C20H25ClN4O3S. The van der Waals surface area contributed by atoms with Crippen molar-refractivity contribution in [1.82, 2.24) is 15.0 Å². The van der Waals surface area contributed by atoms with Gasteiger partial charge in [0, 0.05) is 31.6 Å². The molecule has 4 rings (SSSR count). The van der Waals surface area contributed by atoms with Crippen LogP contribution in [0.1, 0.15) is 25.7 Å². The lowest BCUT2D eigenvalue weighted by atomic mass is 9.90. The zero-order valence-corrected chi connectivity index (χ0v) is 17.9. The van der Waals surface area contributed by atoms with Gasteiger partial charge in [-0.2, -0.15) is 0 Å². The summed E-state index contributed by atoms with van der Waals surface area (Å²) < 4.78 is 28.6.